The highest BCUT2D eigenvalue weighted by atomic mass is 32.1. The lowest BCUT2D eigenvalue weighted by Crippen LogP contribution is -2.33. The highest BCUT2D eigenvalue weighted by Crippen LogP contribution is 2.37. The van der Waals surface area contributed by atoms with E-state index in [2.05, 4.69) is 36.6 Å². The van der Waals surface area contributed by atoms with Gasteiger partial charge in [0.05, 0.1) is 0 Å². The van der Waals surface area contributed by atoms with Crippen molar-refractivity contribution in [1.82, 2.24) is 0 Å². The number of hydrogen-bond acceptors (Lipinski definition) is 4. The fourth-order valence-electron chi connectivity index (χ4n) is 2.36. The summed E-state index contributed by atoms with van der Waals surface area (Å²) in [7, 11) is 0. The number of nitrogens with two attached hydrogens (primary N) is 1. The summed E-state index contributed by atoms with van der Waals surface area (Å²) in [6, 6.07) is 10.4. The van der Waals surface area contributed by atoms with Crippen LogP contribution in [0.3, 0.4) is 0 Å². The largest absolute Gasteiger partial charge is 0.454 e. The molecule has 0 fully saturated rings. The molecule has 2 heterocycles. The van der Waals surface area contributed by atoms with Crippen molar-refractivity contribution >= 4 is 11.3 Å². The summed E-state index contributed by atoms with van der Waals surface area (Å²) in [5, 5.41) is 2.10. The Morgan fingerprint density at radius 1 is 1.26 bits per heavy atom. The standard InChI is InChI=1S/C15H17NO2S/c1-15(9-16,8-12-3-2-6-19-12)11-4-5-13-14(7-11)18-10-17-13/h2-7H,8-10,16H2,1H3. The molecule has 1 atom stereocenters. The molecule has 0 aliphatic carbocycles. The van der Waals surface area contributed by atoms with Crippen LogP contribution in [-0.2, 0) is 11.8 Å². The second-order valence-corrected chi connectivity index (χ2v) is 6.12. The molecular formula is C15H17NO2S. The highest BCUT2D eigenvalue weighted by Gasteiger charge is 2.28. The van der Waals surface area contributed by atoms with E-state index in [4.69, 9.17) is 15.2 Å². The predicted octanol–water partition coefficient (Wildman–Crippen LogP) is 2.94. The minimum atomic E-state index is -0.0775. The van der Waals surface area contributed by atoms with Crippen LogP contribution < -0.4 is 15.2 Å². The summed E-state index contributed by atoms with van der Waals surface area (Å²) in [5.41, 5.74) is 7.16. The SMILES string of the molecule is CC(CN)(Cc1cccs1)c1ccc2c(c1)OCO2. The Labute approximate surface area is 117 Å². The van der Waals surface area contributed by atoms with Gasteiger partial charge in [-0.05, 0) is 35.6 Å². The van der Waals surface area contributed by atoms with Gasteiger partial charge in [0, 0.05) is 16.8 Å². The van der Waals surface area contributed by atoms with E-state index in [-0.39, 0.29) is 5.41 Å². The van der Waals surface area contributed by atoms with Gasteiger partial charge in [-0.3, -0.25) is 0 Å². The van der Waals surface area contributed by atoms with E-state index in [0.717, 1.165) is 17.9 Å². The Balaban J connectivity index is 1.92. The van der Waals surface area contributed by atoms with E-state index in [1.165, 1.54) is 10.4 Å². The summed E-state index contributed by atoms with van der Waals surface area (Å²) >= 11 is 1.77. The molecule has 0 spiro atoms. The lowest BCUT2D eigenvalue weighted by molar-refractivity contribution is 0.174. The molecule has 1 aliphatic rings. The van der Waals surface area contributed by atoms with Crippen molar-refractivity contribution < 1.29 is 9.47 Å². The Bertz CT molecular complexity index is 568. The van der Waals surface area contributed by atoms with Gasteiger partial charge in [0.1, 0.15) is 0 Å². The monoisotopic (exact) mass is 275 g/mol. The number of thiophene rings is 1. The zero-order valence-electron chi connectivity index (χ0n) is 10.9. The van der Waals surface area contributed by atoms with E-state index in [1.807, 2.05) is 6.07 Å². The van der Waals surface area contributed by atoms with E-state index >= 15 is 0 Å². The second kappa shape index (κ2) is 4.87. The molecule has 19 heavy (non-hydrogen) atoms. The van der Waals surface area contributed by atoms with Gasteiger partial charge in [-0.25, -0.2) is 0 Å². The van der Waals surface area contributed by atoms with Crippen molar-refractivity contribution in [3.8, 4) is 11.5 Å². The van der Waals surface area contributed by atoms with Crippen molar-refractivity contribution in [3.63, 3.8) is 0 Å². The van der Waals surface area contributed by atoms with E-state index in [9.17, 15) is 0 Å². The Hall–Kier alpha value is -1.52. The van der Waals surface area contributed by atoms with Crippen LogP contribution >= 0.6 is 11.3 Å². The maximum atomic E-state index is 6.03. The maximum Gasteiger partial charge on any atom is 0.231 e. The van der Waals surface area contributed by atoms with E-state index in [0.29, 0.717) is 13.3 Å². The molecule has 3 nitrogen and oxygen atoms in total. The van der Waals surface area contributed by atoms with Crippen LogP contribution in [0.4, 0.5) is 0 Å². The highest BCUT2D eigenvalue weighted by molar-refractivity contribution is 7.09. The molecule has 1 aromatic carbocycles. The number of hydrogen-bond donors (Lipinski definition) is 1. The quantitative estimate of drug-likeness (QED) is 0.933. The molecule has 3 rings (SSSR count). The number of ether oxygens (including phenoxy) is 2. The molecule has 0 radical (unpaired) electrons. The number of fused-ring (bicyclic) bond motifs is 1. The molecule has 4 heteroatoms. The Morgan fingerprint density at radius 2 is 2.11 bits per heavy atom. The lowest BCUT2D eigenvalue weighted by Gasteiger charge is -2.28. The van der Waals surface area contributed by atoms with Gasteiger partial charge in [0.2, 0.25) is 6.79 Å². The van der Waals surface area contributed by atoms with Crippen LogP contribution in [0.25, 0.3) is 0 Å². The van der Waals surface area contributed by atoms with Crippen LogP contribution in [0, 0.1) is 0 Å². The predicted molar refractivity (Wildman–Crippen MR) is 77.0 cm³/mol. The zero-order chi connectivity index (χ0) is 13.3. The summed E-state index contributed by atoms with van der Waals surface area (Å²) in [6.07, 6.45) is 0.945. The third-order valence-corrected chi connectivity index (χ3v) is 4.54. The summed E-state index contributed by atoms with van der Waals surface area (Å²) < 4.78 is 10.8. The van der Waals surface area contributed by atoms with Gasteiger partial charge in [-0.1, -0.05) is 19.1 Å². The molecular weight excluding hydrogens is 258 g/mol. The molecule has 100 valence electrons. The van der Waals surface area contributed by atoms with Crippen LogP contribution in [0.1, 0.15) is 17.4 Å². The summed E-state index contributed by atoms with van der Waals surface area (Å²) in [6.45, 7) is 3.11. The van der Waals surface area contributed by atoms with E-state index in [1.54, 1.807) is 11.3 Å². The third-order valence-electron chi connectivity index (χ3n) is 3.66. The number of rotatable bonds is 4. The van der Waals surface area contributed by atoms with Crippen LogP contribution in [0.15, 0.2) is 35.7 Å². The lowest BCUT2D eigenvalue weighted by atomic mass is 9.79. The first-order valence-electron chi connectivity index (χ1n) is 6.34. The van der Waals surface area contributed by atoms with Gasteiger partial charge >= 0.3 is 0 Å². The van der Waals surface area contributed by atoms with Gasteiger partial charge < -0.3 is 15.2 Å². The fraction of sp³-hybridized carbons (Fsp3) is 0.333. The maximum absolute atomic E-state index is 6.03. The topological polar surface area (TPSA) is 44.5 Å². The minimum absolute atomic E-state index is 0.0775. The zero-order valence-corrected chi connectivity index (χ0v) is 11.7. The first-order valence-corrected chi connectivity index (χ1v) is 7.22. The molecule has 0 saturated heterocycles. The van der Waals surface area contributed by atoms with Crippen molar-refractivity contribution in [1.29, 1.82) is 0 Å². The Kier molecular flexibility index (Phi) is 3.21. The molecule has 2 aromatic rings. The fourth-order valence-corrected chi connectivity index (χ4v) is 3.25. The van der Waals surface area contributed by atoms with Crippen molar-refractivity contribution in [2.45, 2.75) is 18.8 Å². The van der Waals surface area contributed by atoms with Gasteiger partial charge in [0.15, 0.2) is 11.5 Å². The van der Waals surface area contributed by atoms with Gasteiger partial charge in [-0.2, -0.15) is 0 Å². The smallest absolute Gasteiger partial charge is 0.231 e. The first-order chi connectivity index (χ1) is 9.21. The molecule has 0 amide bonds. The van der Waals surface area contributed by atoms with Crippen molar-refractivity contribution in [2.24, 2.45) is 5.73 Å². The van der Waals surface area contributed by atoms with Crippen molar-refractivity contribution in [3.05, 3.63) is 46.2 Å². The van der Waals surface area contributed by atoms with Gasteiger partial charge in [-0.15, -0.1) is 11.3 Å². The number of benzene rings is 1. The first kappa shape index (κ1) is 12.5. The third kappa shape index (κ3) is 2.33. The van der Waals surface area contributed by atoms with Gasteiger partial charge in [0.25, 0.3) is 0 Å². The average molecular weight is 275 g/mol. The minimum Gasteiger partial charge on any atom is -0.454 e. The molecule has 1 aliphatic heterocycles. The molecule has 0 bridgehead atoms. The molecule has 0 saturated carbocycles. The van der Waals surface area contributed by atoms with Crippen LogP contribution in [0.2, 0.25) is 0 Å². The average Bonchev–Trinajstić information content (AvgIpc) is 3.08. The second-order valence-electron chi connectivity index (χ2n) is 5.09. The Morgan fingerprint density at radius 3 is 2.84 bits per heavy atom. The molecule has 1 unspecified atom stereocenters. The van der Waals surface area contributed by atoms with Crippen molar-refractivity contribution in [2.75, 3.05) is 13.3 Å². The van der Waals surface area contributed by atoms with Crippen LogP contribution in [0.5, 0.6) is 11.5 Å². The molecule has 2 N–H and O–H groups in total. The summed E-state index contributed by atoms with van der Waals surface area (Å²) in [4.78, 5) is 1.35. The van der Waals surface area contributed by atoms with E-state index < -0.39 is 0 Å². The normalized spacial score (nSPS) is 16.3. The van der Waals surface area contributed by atoms with Crippen LogP contribution in [-0.4, -0.2) is 13.3 Å². The summed E-state index contributed by atoms with van der Waals surface area (Å²) in [5.74, 6) is 1.64. The molecule has 1 aromatic heterocycles.